The van der Waals surface area contributed by atoms with Gasteiger partial charge >= 0.3 is 5.97 Å². The fourth-order valence-electron chi connectivity index (χ4n) is 4.23. The Morgan fingerprint density at radius 1 is 1.24 bits per heavy atom. The van der Waals surface area contributed by atoms with Gasteiger partial charge in [0.05, 0.1) is 5.92 Å². The summed E-state index contributed by atoms with van der Waals surface area (Å²) in [5.74, 6) is -2.10. The van der Waals surface area contributed by atoms with Gasteiger partial charge in [0, 0.05) is 29.4 Å². The smallest absolute Gasteiger partial charge is 0.311 e. The van der Waals surface area contributed by atoms with Crippen LogP contribution in [0.1, 0.15) is 40.0 Å². The molecule has 0 aromatic heterocycles. The Morgan fingerprint density at radius 2 is 1.90 bits per heavy atom. The first-order chi connectivity index (χ1) is 9.25. The summed E-state index contributed by atoms with van der Waals surface area (Å²) >= 11 is 0. The maximum atomic E-state index is 12.0. The first-order valence-electron chi connectivity index (χ1n) is 7.43. The van der Waals surface area contributed by atoms with Crippen molar-refractivity contribution < 1.29 is 41.5 Å². The number of carbonyl (C=O) groups is 1. The predicted octanol–water partition coefficient (Wildman–Crippen LogP) is 1.23. The molecule has 3 aliphatic rings. The van der Waals surface area contributed by atoms with Gasteiger partial charge in [-0.25, -0.2) is 0 Å². The molecular formula is C15H23FeO5. The van der Waals surface area contributed by atoms with Crippen molar-refractivity contribution in [2.75, 3.05) is 0 Å². The number of hydrogen-bond acceptors (Lipinski definition) is 5. The molecule has 3 rings (SSSR count). The van der Waals surface area contributed by atoms with Gasteiger partial charge in [0.25, 0.3) is 0 Å². The van der Waals surface area contributed by atoms with Gasteiger partial charge in [-0.2, -0.15) is 0 Å². The van der Waals surface area contributed by atoms with E-state index in [4.69, 9.17) is 9.47 Å². The summed E-state index contributed by atoms with van der Waals surface area (Å²) in [6.07, 6.45) is 2.90. The van der Waals surface area contributed by atoms with E-state index >= 15 is 0 Å². The van der Waals surface area contributed by atoms with Crippen LogP contribution in [0.15, 0.2) is 0 Å². The molecule has 6 heteroatoms. The van der Waals surface area contributed by atoms with Gasteiger partial charge in [0.15, 0.2) is 5.79 Å². The summed E-state index contributed by atoms with van der Waals surface area (Å²) in [6, 6.07) is 0. The zero-order chi connectivity index (χ0) is 14.7. The minimum Gasteiger partial charge on any atom is -0.432 e. The van der Waals surface area contributed by atoms with Crippen LogP contribution in [0.2, 0.25) is 0 Å². The molecule has 2 saturated heterocycles. The normalized spacial score (nSPS) is 53.0. The third kappa shape index (κ3) is 2.55. The summed E-state index contributed by atoms with van der Waals surface area (Å²) in [5.41, 5.74) is -1.21. The van der Waals surface area contributed by atoms with Crippen LogP contribution >= 0.6 is 0 Å². The van der Waals surface area contributed by atoms with Crippen molar-refractivity contribution in [2.45, 2.75) is 57.7 Å². The summed E-state index contributed by atoms with van der Waals surface area (Å²) in [5, 5.41) is 21.5. The molecule has 121 valence electrons. The predicted molar refractivity (Wildman–Crippen MR) is 70.0 cm³/mol. The molecule has 2 N–H and O–H groups in total. The Kier molecular flexibility index (Phi) is 4.51. The van der Waals surface area contributed by atoms with Gasteiger partial charge < -0.3 is 19.7 Å². The SMILES string of the molecule is CC1CCC2[C@@H](C)C(=O)OC3O[C@](C)(O)[CH]CC1C32O.[Fe]. The molecule has 5 nitrogen and oxygen atoms in total. The molecule has 0 spiro atoms. The minimum atomic E-state index is -1.48. The molecule has 0 aromatic carbocycles. The number of ether oxygens (including phenoxy) is 2. The Labute approximate surface area is 135 Å². The van der Waals surface area contributed by atoms with Crippen LogP contribution < -0.4 is 0 Å². The summed E-state index contributed by atoms with van der Waals surface area (Å²) < 4.78 is 10.8. The molecule has 1 radical (unpaired) electrons. The largest absolute Gasteiger partial charge is 0.432 e. The quantitative estimate of drug-likeness (QED) is 0.513. The number of aliphatic hydroxyl groups is 2. The average Bonchev–Trinajstić information content (AvgIpc) is 2.44. The minimum absolute atomic E-state index is 0. The Morgan fingerprint density at radius 3 is 2.57 bits per heavy atom. The zero-order valence-corrected chi connectivity index (χ0v) is 13.7. The van der Waals surface area contributed by atoms with E-state index in [-0.39, 0.29) is 40.8 Å². The van der Waals surface area contributed by atoms with Gasteiger partial charge in [-0.05, 0) is 38.0 Å². The van der Waals surface area contributed by atoms with Crippen LogP contribution in [-0.4, -0.2) is 33.9 Å². The molecule has 0 aromatic rings. The van der Waals surface area contributed by atoms with Gasteiger partial charge in [0.1, 0.15) is 5.60 Å². The monoisotopic (exact) mass is 339 g/mol. The fourth-order valence-corrected chi connectivity index (χ4v) is 4.23. The first-order valence-corrected chi connectivity index (χ1v) is 7.43. The van der Waals surface area contributed by atoms with Gasteiger partial charge in [-0.3, -0.25) is 4.79 Å². The Balaban J connectivity index is 0.00000161. The molecular weight excluding hydrogens is 316 g/mol. The second-order valence-electron chi connectivity index (χ2n) is 6.82. The van der Waals surface area contributed by atoms with Crippen LogP contribution in [0.25, 0.3) is 0 Å². The van der Waals surface area contributed by atoms with Crippen molar-refractivity contribution in [3.63, 3.8) is 0 Å². The molecule has 1 saturated carbocycles. The summed E-state index contributed by atoms with van der Waals surface area (Å²) in [7, 11) is 0. The molecule has 0 amide bonds. The van der Waals surface area contributed by atoms with E-state index in [1.807, 2.05) is 0 Å². The molecule has 3 fully saturated rings. The van der Waals surface area contributed by atoms with Crippen molar-refractivity contribution >= 4 is 5.97 Å². The molecule has 0 bridgehead atoms. The molecule has 5 unspecified atom stereocenters. The number of esters is 1. The van der Waals surface area contributed by atoms with Crippen molar-refractivity contribution in [1.29, 1.82) is 0 Å². The molecule has 21 heavy (non-hydrogen) atoms. The van der Waals surface area contributed by atoms with Crippen LogP contribution in [0, 0.1) is 30.1 Å². The third-order valence-electron chi connectivity index (χ3n) is 5.48. The fraction of sp³-hybridized carbons (Fsp3) is 0.867. The topological polar surface area (TPSA) is 76.0 Å². The maximum absolute atomic E-state index is 12.0. The molecule has 7 atom stereocenters. The summed E-state index contributed by atoms with van der Waals surface area (Å²) in [4.78, 5) is 12.0. The van der Waals surface area contributed by atoms with Gasteiger partial charge in [0.2, 0.25) is 6.29 Å². The molecule has 1 aliphatic carbocycles. The van der Waals surface area contributed by atoms with Gasteiger partial charge in [-0.15, -0.1) is 0 Å². The van der Waals surface area contributed by atoms with Crippen molar-refractivity contribution in [2.24, 2.45) is 23.7 Å². The van der Waals surface area contributed by atoms with Crippen LogP contribution in [0.5, 0.6) is 0 Å². The van der Waals surface area contributed by atoms with E-state index in [0.717, 1.165) is 12.8 Å². The standard InChI is InChI=1S/C15H23O5.Fe/c1-8-4-5-11-9(2)12(16)19-13-15(11,18)10(8)6-7-14(3,17)20-13;/h7-11,13,17-18H,4-6H2,1-3H3;/t8?,9-,10?,11?,13?,14+,15?;/m1./s1. The molecule has 2 aliphatic heterocycles. The van der Waals surface area contributed by atoms with Crippen LogP contribution in [-0.2, 0) is 31.3 Å². The molecule has 2 heterocycles. The van der Waals surface area contributed by atoms with E-state index in [1.165, 1.54) is 6.92 Å². The van der Waals surface area contributed by atoms with Crippen LogP contribution in [0.3, 0.4) is 0 Å². The van der Waals surface area contributed by atoms with Crippen LogP contribution in [0.4, 0.5) is 0 Å². The van der Waals surface area contributed by atoms with Gasteiger partial charge in [-0.1, -0.05) is 13.8 Å². The van der Waals surface area contributed by atoms with E-state index in [9.17, 15) is 15.0 Å². The van der Waals surface area contributed by atoms with E-state index in [2.05, 4.69) is 6.92 Å². The first kappa shape index (κ1) is 17.2. The Hall–Kier alpha value is -0.131. The number of rotatable bonds is 0. The third-order valence-corrected chi connectivity index (χ3v) is 5.48. The maximum Gasteiger partial charge on any atom is 0.311 e. The number of carbonyl (C=O) groups excluding carboxylic acids is 1. The van der Waals surface area contributed by atoms with E-state index in [0.29, 0.717) is 12.3 Å². The second kappa shape index (κ2) is 5.50. The van der Waals surface area contributed by atoms with Crippen molar-refractivity contribution in [3.8, 4) is 0 Å². The van der Waals surface area contributed by atoms with Crippen molar-refractivity contribution in [1.82, 2.24) is 0 Å². The van der Waals surface area contributed by atoms with Crippen molar-refractivity contribution in [3.05, 3.63) is 6.42 Å². The second-order valence-corrected chi connectivity index (χ2v) is 6.82. The zero-order valence-electron chi connectivity index (χ0n) is 12.6. The Bertz CT molecular complexity index is 426. The van der Waals surface area contributed by atoms with E-state index < -0.39 is 17.7 Å². The van der Waals surface area contributed by atoms with E-state index in [1.54, 1.807) is 13.3 Å². The average molecular weight is 339 g/mol. The number of hydrogen-bond donors (Lipinski definition) is 2. The summed E-state index contributed by atoms with van der Waals surface area (Å²) in [6.45, 7) is 5.42.